The van der Waals surface area contributed by atoms with Crippen molar-refractivity contribution in [3.8, 4) is 5.88 Å². The fourth-order valence-electron chi connectivity index (χ4n) is 3.73. The number of halogens is 3. The summed E-state index contributed by atoms with van der Waals surface area (Å²) in [7, 11) is 0. The predicted molar refractivity (Wildman–Crippen MR) is 115 cm³/mol. The molecular weight excluding hydrogens is 475 g/mol. The second-order valence-corrected chi connectivity index (χ2v) is 7.91. The Morgan fingerprint density at radius 2 is 2.06 bits per heavy atom. The van der Waals surface area contributed by atoms with Crippen molar-refractivity contribution < 1.29 is 37.7 Å². The van der Waals surface area contributed by atoms with Crippen LogP contribution in [0.3, 0.4) is 0 Å². The van der Waals surface area contributed by atoms with Crippen molar-refractivity contribution in [2.75, 3.05) is 48.0 Å². The second-order valence-electron chi connectivity index (χ2n) is 7.91. The van der Waals surface area contributed by atoms with E-state index in [1.54, 1.807) is 11.4 Å². The van der Waals surface area contributed by atoms with Gasteiger partial charge in [0.1, 0.15) is 24.9 Å². The smallest absolute Gasteiger partial charge is 0.405 e. The summed E-state index contributed by atoms with van der Waals surface area (Å²) in [6, 6.07) is 2.01. The highest BCUT2D eigenvalue weighted by atomic mass is 19.4. The molecule has 2 aliphatic rings. The van der Waals surface area contributed by atoms with Crippen LogP contribution in [0.25, 0.3) is 0 Å². The summed E-state index contributed by atoms with van der Waals surface area (Å²) in [5.41, 5.74) is 0.332. The Hall–Kier alpha value is -3.72. The van der Waals surface area contributed by atoms with Crippen LogP contribution in [-0.2, 0) is 0 Å². The number of aromatic nitrogens is 3. The Balaban J connectivity index is 1.50. The average molecular weight is 497 g/mol. The number of pyridine rings is 1. The number of nitrogens with one attached hydrogen (secondary N) is 2. The molecule has 0 spiro atoms. The lowest BCUT2D eigenvalue weighted by Gasteiger charge is -2.35. The molecule has 12 nitrogen and oxygen atoms in total. The number of aliphatic hydroxyl groups excluding tert-OH is 2. The van der Waals surface area contributed by atoms with Gasteiger partial charge in [-0.05, 0) is 18.6 Å². The van der Waals surface area contributed by atoms with Crippen LogP contribution < -0.4 is 25.2 Å². The lowest BCUT2D eigenvalue weighted by atomic mass is 10.1. The van der Waals surface area contributed by atoms with Crippen LogP contribution in [0.1, 0.15) is 16.9 Å². The van der Waals surface area contributed by atoms with Gasteiger partial charge in [-0.2, -0.15) is 13.2 Å². The van der Waals surface area contributed by atoms with Gasteiger partial charge in [-0.25, -0.2) is 19.7 Å². The predicted octanol–water partition coefficient (Wildman–Crippen LogP) is 0.526. The maximum Gasteiger partial charge on any atom is 0.405 e. The van der Waals surface area contributed by atoms with Crippen LogP contribution in [-0.4, -0.2) is 88.3 Å². The van der Waals surface area contributed by atoms with Gasteiger partial charge in [0.2, 0.25) is 5.88 Å². The maximum atomic E-state index is 13.1. The van der Waals surface area contributed by atoms with E-state index >= 15 is 0 Å². The molecule has 1 saturated heterocycles. The zero-order chi connectivity index (χ0) is 25.2. The number of nitrogens with zero attached hydrogens (tertiary/aromatic N) is 5. The van der Waals surface area contributed by atoms with Gasteiger partial charge >= 0.3 is 12.2 Å². The van der Waals surface area contributed by atoms with Crippen molar-refractivity contribution in [1.29, 1.82) is 0 Å². The summed E-state index contributed by atoms with van der Waals surface area (Å²) < 4.78 is 42.6. The summed E-state index contributed by atoms with van der Waals surface area (Å²) in [6.07, 6.45) is -2.55. The number of hydrogen-bond donors (Lipinski definition) is 4. The third-order valence-corrected chi connectivity index (χ3v) is 5.35. The number of carbonyl (C=O) groups excluding carboxylic acids is 2. The largest absolute Gasteiger partial charge is 0.474 e. The molecule has 2 bridgehead atoms. The van der Waals surface area contributed by atoms with Crippen LogP contribution in [0, 0.1) is 0 Å². The molecule has 0 aromatic carbocycles. The summed E-state index contributed by atoms with van der Waals surface area (Å²) in [4.78, 5) is 40.9. The topological polar surface area (TPSA) is 153 Å². The van der Waals surface area contributed by atoms with Gasteiger partial charge in [-0.15, -0.1) is 0 Å². The SMILES string of the molecule is O=C(NCC(F)(F)F)c1ccc2c(n1)N(C(=O)Nc1cnc(OC[C@H](O)CO)cn1)[C@H]1CCN2C1. The molecule has 188 valence electrons. The number of carbonyl (C=O) groups is 2. The number of urea groups is 1. The lowest BCUT2D eigenvalue weighted by Crippen LogP contribution is -2.48. The Bertz CT molecular complexity index is 1090. The number of hydrogen-bond acceptors (Lipinski definition) is 9. The van der Waals surface area contributed by atoms with Gasteiger partial charge in [0.05, 0.1) is 30.7 Å². The molecule has 4 rings (SSSR count). The second kappa shape index (κ2) is 9.87. The number of fused-ring (bicyclic) bond motifs is 4. The number of amides is 3. The summed E-state index contributed by atoms with van der Waals surface area (Å²) in [6.45, 7) is -0.982. The third-order valence-electron chi connectivity index (χ3n) is 5.35. The molecule has 2 atom stereocenters. The molecule has 3 amide bonds. The molecule has 0 aliphatic carbocycles. The highest BCUT2D eigenvalue weighted by Gasteiger charge is 2.40. The Labute approximate surface area is 196 Å². The Morgan fingerprint density at radius 1 is 1.26 bits per heavy atom. The number of ether oxygens (including phenoxy) is 1. The molecule has 0 radical (unpaired) electrons. The van der Waals surface area contributed by atoms with Crippen molar-refractivity contribution in [2.45, 2.75) is 24.7 Å². The molecule has 15 heteroatoms. The molecule has 0 saturated carbocycles. The molecule has 0 unspecified atom stereocenters. The first kappa shape index (κ1) is 24.4. The molecule has 2 aliphatic heterocycles. The standard InChI is InChI=1S/C20H22F3N7O5/c21-20(22,23)10-26-18(33)13-1-2-14-17(27-13)30(11-3-4-29(14)7-11)19(34)28-15-5-25-16(6-24-15)35-9-12(32)8-31/h1-2,5-6,11-12,31-32H,3-4,7-10H2,(H,26,33)(H,24,28,34)/t11-,12+/m0/s1. The molecule has 35 heavy (non-hydrogen) atoms. The minimum absolute atomic E-state index is 0.0708. The Morgan fingerprint density at radius 3 is 2.74 bits per heavy atom. The molecule has 1 fully saturated rings. The van der Waals surface area contributed by atoms with Crippen LogP contribution in [0.5, 0.6) is 5.88 Å². The first-order chi connectivity index (χ1) is 16.6. The number of aliphatic hydroxyl groups is 2. The molecule has 4 heterocycles. The van der Waals surface area contributed by atoms with Crippen molar-refractivity contribution >= 4 is 29.3 Å². The fraction of sp³-hybridized carbons (Fsp3) is 0.450. The van der Waals surface area contributed by atoms with Crippen molar-refractivity contribution in [3.63, 3.8) is 0 Å². The van der Waals surface area contributed by atoms with Gasteiger partial charge in [0, 0.05) is 13.1 Å². The molecule has 4 N–H and O–H groups in total. The summed E-state index contributed by atoms with van der Waals surface area (Å²) in [5, 5.41) is 22.5. The van der Waals surface area contributed by atoms with Gasteiger partial charge in [-0.3, -0.25) is 15.0 Å². The monoisotopic (exact) mass is 497 g/mol. The van der Waals surface area contributed by atoms with E-state index in [0.29, 0.717) is 25.2 Å². The van der Waals surface area contributed by atoms with E-state index < -0.39 is 37.4 Å². The zero-order valence-electron chi connectivity index (χ0n) is 18.2. The van der Waals surface area contributed by atoms with Gasteiger partial charge in [0.15, 0.2) is 11.6 Å². The first-order valence-corrected chi connectivity index (χ1v) is 10.6. The molecular formula is C20H22F3N7O5. The number of alkyl halides is 3. The van der Waals surface area contributed by atoms with E-state index in [4.69, 9.17) is 9.84 Å². The van der Waals surface area contributed by atoms with Crippen LogP contribution >= 0.6 is 0 Å². The highest BCUT2D eigenvalue weighted by Crippen LogP contribution is 2.39. The van der Waals surface area contributed by atoms with Gasteiger partial charge in [0.25, 0.3) is 5.91 Å². The van der Waals surface area contributed by atoms with Gasteiger partial charge < -0.3 is 25.2 Å². The van der Waals surface area contributed by atoms with E-state index in [2.05, 4.69) is 20.3 Å². The van der Waals surface area contributed by atoms with Crippen molar-refractivity contribution in [3.05, 3.63) is 30.2 Å². The fourth-order valence-corrected chi connectivity index (χ4v) is 3.73. The van der Waals surface area contributed by atoms with Crippen LogP contribution in [0.15, 0.2) is 24.5 Å². The van der Waals surface area contributed by atoms with Crippen molar-refractivity contribution in [1.82, 2.24) is 20.3 Å². The highest BCUT2D eigenvalue weighted by molar-refractivity contribution is 6.04. The Kier molecular flexibility index (Phi) is 6.88. The van der Waals surface area contributed by atoms with Crippen LogP contribution in [0.2, 0.25) is 0 Å². The first-order valence-electron chi connectivity index (χ1n) is 10.6. The summed E-state index contributed by atoms with van der Waals surface area (Å²) in [5.74, 6) is -0.694. The van der Waals surface area contributed by atoms with E-state index in [1.165, 1.54) is 23.4 Å². The lowest BCUT2D eigenvalue weighted by molar-refractivity contribution is -0.123. The molecule has 2 aromatic rings. The van der Waals surface area contributed by atoms with Gasteiger partial charge in [-0.1, -0.05) is 0 Å². The molecule has 2 aromatic heterocycles. The number of anilines is 3. The van der Waals surface area contributed by atoms with E-state index in [-0.39, 0.29) is 35.9 Å². The minimum Gasteiger partial charge on any atom is -0.474 e. The normalized spacial score (nSPS) is 17.6. The average Bonchev–Trinajstić information content (AvgIpc) is 3.25. The quantitative estimate of drug-likeness (QED) is 0.429. The van der Waals surface area contributed by atoms with E-state index in [9.17, 15) is 27.9 Å². The van der Waals surface area contributed by atoms with E-state index in [0.717, 1.165) is 0 Å². The number of rotatable bonds is 7. The summed E-state index contributed by atoms with van der Waals surface area (Å²) >= 11 is 0. The maximum absolute atomic E-state index is 13.1. The van der Waals surface area contributed by atoms with E-state index in [1.807, 2.05) is 4.90 Å². The minimum atomic E-state index is -4.57. The van der Waals surface area contributed by atoms with Crippen LogP contribution in [0.4, 0.5) is 35.3 Å². The zero-order valence-corrected chi connectivity index (χ0v) is 18.2. The van der Waals surface area contributed by atoms with Crippen molar-refractivity contribution in [2.24, 2.45) is 0 Å². The third kappa shape index (κ3) is 5.68.